The molecule has 0 atom stereocenters. The third-order valence-corrected chi connectivity index (χ3v) is 2.34. The molecule has 0 unspecified atom stereocenters. The summed E-state index contributed by atoms with van der Waals surface area (Å²) in [5.41, 5.74) is 7.04. The normalized spacial score (nSPS) is 10.2. The molecule has 0 radical (unpaired) electrons. The second-order valence-corrected chi connectivity index (χ2v) is 3.43. The molecule has 0 saturated carbocycles. The number of ether oxygens (including phenoxy) is 1. The summed E-state index contributed by atoms with van der Waals surface area (Å²) in [5.74, 6) is 0.932. The van der Waals surface area contributed by atoms with Gasteiger partial charge in [-0.1, -0.05) is 18.2 Å². The van der Waals surface area contributed by atoms with Crippen molar-refractivity contribution in [1.82, 2.24) is 10.2 Å². The number of para-hydroxylation sites is 1. The Morgan fingerprint density at radius 3 is 2.76 bits per heavy atom. The topological polar surface area (TPSA) is 81.3 Å². The van der Waals surface area contributed by atoms with Crippen LogP contribution in [0.1, 0.15) is 11.1 Å². The lowest BCUT2D eigenvalue weighted by Crippen LogP contribution is -2.03. The van der Waals surface area contributed by atoms with Gasteiger partial charge in [0.2, 0.25) is 5.88 Å². The summed E-state index contributed by atoms with van der Waals surface area (Å²) in [6.45, 7) is 0.237. The quantitative estimate of drug-likeness (QED) is 0.826. The van der Waals surface area contributed by atoms with Gasteiger partial charge in [0.1, 0.15) is 5.75 Å². The van der Waals surface area contributed by atoms with E-state index in [2.05, 4.69) is 10.2 Å². The molecule has 0 amide bonds. The van der Waals surface area contributed by atoms with Crippen LogP contribution in [0, 0.1) is 0 Å². The number of nitrogens with zero attached hydrogens (tertiary/aromatic N) is 2. The van der Waals surface area contributed by atoms with Crippen LogP contribution in [-0.2, 0) is 13.2 Å². The summed E-state index contributed by atoms with van der Waals surface area (Å²) in [6, 6.07) is 8.96. The van der Waals surface area contributed by atoms with E-state index >= 15 is 0 Å². The van der Waals surface area contributed by atoms with Gasteiger partial charge in [-0.15, -0.1) is 5.10 Å². The fourth-order valence-corrected chi connectivity index (χ4v) is 1.42. The van der Waals surface area contributed by atoms with E-state index in [0.29, 0.717) is 23.7 Å². The Hall–Kier alpha value is -1.98. The first-order chi connectivity index (χ1) is 8.35. The molecule has 0 aliphatic heterocycles. The van der Waals surface area contributed by atoms with Crippen molar-refractivity contribution in [2.75, 3.05) is 0 Å². The van der Waals surface area contributed by atoms with Gasteiger partial charge in [-0.25, -0.2) is 0 Å². The lowest BCUT2D eigenvalue weighted by Gasteiger charge is -2.10. The second-order valence-electron chi connectivity index (χ2n) is 3.43. The summed E-state index contributed by atoms with van der Waals surface area (Å²) in [7, 11) is 0. The van der Waals surface area contributed by atoms with Crippen LogP contribution >= 0.6 is 0 Å². The summed E-state index contributed by atoms with van der Waals surface area (Å²) in [5, 5.41) is 16.8. The predicted molar refractivity (Wildman–Crippen MR) is 62.4 cm³/mol. The largest absolute Gasteiger partial charge is 0.437 e. The van der Waals surface area contributed by atoms with Crippen molar-refractivity contribution in [2.24, 2.45) is 5.73 Å². The molecule has 0 saturated heterocycles. The highest BCUT2D eigenvalue weighted by Crippen LogP contribution is 2.25. The van der Waals surface area contributed by atoms with Gasteiger partial charge in [0.25, 0.3) is 0 Å². The highest BCUT2D eigenvalue weighted by atomic mass is 16.5. The van der Waals surface area contributed by atoms with Crippen LogP contribution in [0.5, 0.6) is 11.6 Å². The molecule has 5 heteroatoms. The van der Waals surface area contributed by atoms with Gasteiger partial charge in [0.15, 0.2) is 0 Å². The summed E-state index contributed by atoms with van der Waals surface area (Å²) in [4.78, 5) is 0. The molecule has 1 aromatic carbocycles. The molecule has 0 bridgehead atoms. The summed E-state index contributed by atoms with van der Waals surface area (Å²) in [6.07, 6.45) is 1.56. The third-order valence-electron chi connectivity index (χ3n) is 2.34. The van der Waals surface area contributed by atoms with E-state index < -0.39 is 0 Å². The van der Waals surface area contributed by atoms with Crippen LogP contribution in [0.4, 0.5) is 0 Å². The Bertz CT molecular complexity index is 457. The molecule has 0 aliphatic rings. The fraction of sp³-hybridized carbons (Fsp3) is 0.167. The van der Waals surface area contributed by atoms with Crippen molar-refractivity contribution in [1.29, 1.82) is 0 Å². The van der Waals surface area contributed by atoms with E-state index in [9.17, 15) is 5.11 Å². The Kier molecular flexibility index (Phi) is 3.64. The first-order valence-corrected chi connectivity index (χ1v) is 5.22. The third kappa shape index (κ3) is 2.58. The van der Waals surface area contributed by atoms with Gasteiger partial charge >= 0.3 is 0 Å². The van der Waals surface area contributed by atoms with Crippen molar-refractivity contribution in [3.63, 3.8) is 0 Å². The number of aromatic nitrogens is 2. The SMILES string of the molecule is NCc1ccnnc1Oc1ccccc1CO. The van der Waals surface area contributed by atoms with Crippen LogP contribution in [-0.4, -0.2) is 15.3 Å². The van der Waals surface area contributed by atoms with Gasteiger partial charge in [0, 0.05) is 17.7 Å². The zero-order chi connectivity index (χ0) is 12.1. The van der Waals surface area contributed by atoms with Crippen LogP contribution in [0.3, 0.4) is 0 Å². The van der Waals surface area contributed by atoms with Gasteiger partial charge in [0.05, 0.1) is 12.8 Å². The van der Waals surface area contributed by atoms with Gasteiger partial charge in [-0.05, 0) is 12.1 Å². The van der Waals surface area contributed by atoms with Crippen molar-refractivity contribution in [2.45, 2.75) is 13.2 Å². The lowest BCUT2D eigenvalue weighted by molar-refractivity contribution is 0.276. The molecule has 88 valence electrons. The molecule has 3 N–H and O–H groups in total. The molecule has 0 aliphatic carbocycles. The maximum absolute atomic E-state index is 9.18. The van der Waals surface area contributed by atoms with Gasteiger partial charge < -0.3 is 15.6 Å². The first-order valence-electron chi connectivity index (χ1n) is 5.22. The molecule has 1 aromatic heterocycles. The molecule has 17 heavy (non-hydrogen) atoms. The van der Waals surface area contributed by atoms with Crippen molar-refractivity contribution < 1.29 is 9.84 Å². The average molecular weight is 231 g/mol. The zero-order valence-corrected chi connectivity index (χ0v) is 9.21. The number of nitrogens with two attached hydrogens (primary N) is 1. The number of benzene rings is 1. The average Bonchev–Trinajstić information content (AvgIpc) is 2.40. The van der Waals surface area contributed by atoms with E-state index in [1.54, 1.807) is 24.4 Å². The summed E-state index contributed by atoms with van der Waals surface area (Å²) >= 11 is 0. The monoisotopic (exact) mass is 231 g/mol. The molecule has 0 spiro atoms. The van der Waals surface area contributed by atoms with Gasteiger partial charge in [-0.2, -0.15) is 5.10 Å². The molecule has 2 aromatic rings. The minimum absolute atomic E-state index is 0.0889. The number of rotatable bonds is 4. The Morgan fingerprint density at radius 1 is 1.18 bits per heavy atom. The molecular formula is C12H13N3O2. The molecule has 5 nitrogen and oxygen atoms in total. The predicted octanol–water partition coefficient (Wildman–Crippen LogP) is 1.22. The highest BCUT2D eigenvalue weighted by molar-refractivity contribution is 5.37. The Balaban J connectivity index is 2.31. The number of hydrogen-bond donors (Lipinski definition) is 2. The fourth-order valence-electron chi connectivity index (χ4n) is 1.42. The first kappa shape index (κ1) is 11.5. The van der Waals surface area contributed by atoms with E-state index in [4.69, 9.17) is 10.5 Å². The molecule has 1 heterocycles. The zero-order valence-electron chi connectivity index (χ0n) is 9.21. The minimum atomic E-state index is -0.0889. The van der Waals surface area contributed by atoms with E-state index in [1.807, 2.05) is 12.1 Å². The smallest absolute Gasteiger partial charge is 0.243 e. The second kappa shape index (κ2) is 5.38. The minimum Gasteiger partial charge on any atom is -0.437 e. The van der Waals surface area contributed by atoms with Crippen LogP contribution in [0.15, 0.2) is 36.5 Å². The summed E-state index contributed by atoms with van der Waals surface area (Å²) < 4.78 is 5.61. The van der Waals surface area contributed by atoms with Crippen LogP contribution < -0.4 is 10.5 Å². The maximum Gasteiger partial charge on any atom is 0.243 e. The Morgan fingerprint density at radius 2 is 2.00 bits per heavy atom. The molecular weight excluding hydrogens is 218 g/mol. The highest BCUT2D eigenvalue weighted by Gasteiger charge is 2.08. The maximum atomic E-state index is 9.18. The van der Waals surface area contributed by atoms with Crippen LogP contribution in [0.2, 0.25) is 0 Å². The standard InChI is InChI=1S/C12H13N3O2/c13-7-9-5-6-14-15-12(9)17-11-4-2-1-3-10(11)8-16/h1-6,16H,7-8,13H2. The molecule has 0 fully saturated rings. The van der Waals surface area contributed by atoms with E-state index in [0.717, 1.165) is 5.56 Å². The van der Waals surface area contributed by atoms with E-state index in [1.165, 1.54) is 0 Å². The molecule has 2 rings (SSSR count). The van der Waals surface area contributed by atoms with Crippen LogP contribution in [0.25, 0.3) is 0 Å². The lowest BCUT2D eigenvalue weighted by atomic mass is 10.2. The Labute approximate surface area is 98.9 Å². The van der Waals surface area contributed by atoms with Crippen molar-refractivity contribution in [3.05, 3.63) is 47.7 Å². The number of aliphatic hydroxyl groups is 1. The van der Waals surface area contributed by atoms with Gasteiger partial charge in [-0.3, -0.25) is 0 Å². The number of hydrogen-bond acceptors (Lipinski definition) is 5. The number of aliphatic hydroxyl groups excluding tert-OH is 1. The van der Waals surface area contributed by atoms with E-state index in [-0.39, 0.29) is 6.61 Å². The van der Waals surface area contributed by atoms with Crippen molar-refractivity contribution in [3.8, 4) is 11.6 Å². The van der Waals surface area contributed by atoms with Crippen molar-refractivity contribution >= 4 is 0 Å².